The molecule has 0 heterocycles. The molecule has 0 fully saturated rings. The summed E-state index contributed by atoms with van der Waals surface area (Å²) in [5, 5.41) is 0. The van der Waals surface area contributed by atoms with E-state index in [1.807, 2.05) is 38.1 Å². The molecule has 0 bridgehead atoms. The molecule has 0 aliphatic heterocycles. The highest BCUT2D eigenvalue weighted by Crippen LogP contribution is 2.31. The van der Waals surface area contributed by atoms with Crippen LogP contribution in [0.25, 0.3) is 11.1 Å². The van der Waals surface area contributed by atoms with Gasteiger partial charge in [0.25, 0.3) is 0 Å². The first-order valence-corrected chi connectivity index (χ1v) is 7.39. The van der Waals surface area contributed by atoms with E-state index in [2.05, 4.69) is 0 Å². The lowest BCUT2D eigenvalue weighted by Crippen LogP contribution is -2.19. The largest absolute Gasteiger partial charge is 0.419 e. The maximum atomic E-state index is 12.5. The highest BCUT2D eigenvalue weighted by Gasteiger charge is 2.30. The van der Waals surface area contributed by atoms with Crippen molar-refractivity contribution in [3.8, 4) is 11.1 Å². The molecule has 21 heavy (non-hydrogen) atoms. The summed E-state index contributed by atoms with van der Waals surface area (Å²) < 4.78 is 43.1. The van der Waals surface area contributed by atoms with Gasteiger partial charge >= 0.3 is 6.18 Å². The molecule has 0 spiro atoms. The van der Waals surface area contributed by atoms with Crippen molar-refractivity contribution >= 4 is 10.5 Å². The van der Waals surface area contributed by atoms with Crippen molar-refractivity contribution in [1.29, 1.82) is 0 Å². The number of rotatable bonds is 3. The molecule has 0 unspecified atom stereocenters. The van der Waals surface area contributed by atoms with Crippen molar-refractivity contribution < 1.29 is 17.6 Å². The third kappa shape index (κ3) is 3.54. The zero-order valence-corrected chi connectivity index (χ0v) is 14.2. The molecule has 2 rings (SSSR count). The van der Waals surface area contributed by atoms with Crippen molar-refractivity contribution in [3.63, 3.8) is 0 Å². The molecule has 5 heteroatoms. The normalized spacial score (nSPS) is 12.6. The Kier molecular flexibility index (Phi) is 4.25. The van der Waals surface area contributed by atoms with Gasteiger partial charge in [-0.3, -0.25) is 0 Å². The molecule has 2 aromatic carbocycles. The molecule has 0 amide bonds. The predicted octanol–water partition coefficient (Wildman–Crippen LogP) is 3.90. The fourth-order valence-corrected chi connectivity index (χ4v) is 2.27. The van der Waals surface area contributed by atoms with E-state index in [4.69, 9.17) is 4.43 Å². The van der Waals surface area contributed by atoms with Gasteiger partial charge in [-0.15, -0.1) is 0 Å². The van der Waals surface area contributed by atoms with Crippen LogP contribution in [0.3, 0.4) is 0 Å². The second kappa shape index (κ2) is 5.65. The van der Waals surface area contributed by atoms with Gasteiger partial charge in [0.2, 0.25) is 0 Å². The molecular weight excluding hydrogens is 293 g/mol. The second-order valence-electron chi connectivity index (χ2n) is 5.37. The molecule has 0 aliphatic rings. The van der Waals surface area contributed by atoms with E-state index in [9.17, 15) is 13.2 Å². The van der Waals surface area contributed by atoms with E-state index in [-0.39, 0.29) is 5.60 Å². The predicted molar refractivity (Wildman–Crippen MR) is 80.9 cm³/mol. The third-order valence-corrected chi connectivity index (χ3v) is 4.66. The van der Waals surface area contributed by atoms with Crippen LogP contribution in [-0.2, 0) is 16.2 Å². The summed E-state index contributed by atoms with van der Waals surface area (Å²) >= 11 is 0. The van der Waals surface area contributed by atoms with Gasteiger partial charge in [0.05, 0.1) is 11.2 Å². The van der Waals surface area contributed by atoms with Gasteiger partial charge in [-0.05, 0) is 42.7 Å². The van der Waals surface area contributed by atoms with Crippen molar-refractivity contribution in [3.05, 3.63) is 59.7 Å². The Morgan fingerprint density at radius 2 is 1.14 bits per heavy atom. The summed E-state index contributed by atoms with van der Waals surface area (Å²) in [5.74, 6) is 0. The Hall–Kier alpha value is -1.59. The van der Waals surface area contributed by atoms with Crippen molar-refractivity contribution in [1.82, 2.24) is 0 Å². The minimum Gasteiger partial charge on any atom is -0.419 e. The van der Waals surface area contributed by atoms with Crippen LogP contribution in [0, 0.1) is 0 Å². The van der Waals surface area contributed by atoms with Crippen molar-refractivity contribution in [2.24, 2.45) is 0 Å². The van der Waals surface area contributed by atoms with Crippen LogP contribution in [0.5, 0.6) is 0 Å². The van der Waals surface area contributed by atoms with Gasteiger partial charge < -0.3 is 4.43 Å². The summed E-state index contributed by atoms with van der Waals surface area (Å²) in [6.07, 6.45) is -4.30. The number of benzene rings is 2. The molecule has 0 N–H and O–H groups in total. The smallest absolute Gasteiger partial charge is 0.416 e. The molecular formula is C16H17F3OSi. The summed E-state index contributed by atoms with van der Waals surface area (Å²) in [6.45, 7) is 3.99. The number of hydrogen-bond acceptors (Lipinski definition) is 1. The summed E-state index contributed by atoms with van der Waals surface area (Å²) in [7, 11) is 0.644. The Balaban J connectivity index is 2.27. The topological polar surface area (TPSA) is 9.23 Å². The minimum atomic E-state index is -4.30. The van der Waals surface area contributed by atoms with E-state index in [0.29, 0.717) is 10.5 Å². The summed E-state index contributed by atoms with van der Waals surface area (Å²) in [5.41, 5.74) is 1.74. The first-order valence-electron chi connectivity index (χ1n) is 6.57. The number of hydrogen-bond donors (Lipinski definition) is 0. The van der Waals surface area contributed by atoms with Gasteiger partial charge in [0.15, 0.2) is 0 Å². The van der Waals surface area contributed by atoms with E-state index in [0.717, 1.165) is 28.8 Å². The van der Waals surface area contributed by atoms with Gasteiger partial charge in [0.1, 0.15) is 10.5 Å². The highest BCUT2D eigenvalue weighted by molar-refractivity contribution is 5.98. The fourth-order valence-electron chi connectivity index (χ4n) is 2.03. The Labute approximate surface area is 125 Å². The summed E-state index contributed by atoms with van der Waals surface area (Å²) in [6, 6.07) is 12.9. The van der Waals surface area contributed by atoms with Crippen LogP contribution in [-0.4, -0.2) is 10.5 Å². The van der Waals surface area contributed by atoms with Crippen LogP contribution in [0.2, 0.25) is 0 Å². The summed E-state index contributed by atoms with van der Waals surface area (Å²) in [4.78, 5) is 0. The van der Waals surface area contributed by atoms with E-state index >= 15 is 0 Å². The van der Waals surface area contributed by atoms with Crippen LogP contribution in [0.1, 0.15) is 25.0 Å². The Morgan fingerprint density at radius 3 is 1.48 bits per heavy atom. The molecule has 0 saturated carbocycles. The van der Waals surface area contributed by atoms with Crippen molar-refractivity contribution in [2.45, 2.75) is 25.6 Å². The second-order valence-corrected chi connectivity index (χ2v) is 5.78. The zero-order chi connectivity index (χ0) is 15.7. The first-order chi connectivity index (χ1) is 9.74. The average molecular weight is 310 g/mol. The number of halogens is 3. The first kappa shape index (κ1) is 15.8. The van der Waals surface area contributed by atoms with Crippen LogP contribution < -0.4 is 0 Å². The van der Waals surface area contributed by atoms with Gasteiger partial charge in [-0.2, -0.15) is 13.2 Å². The third-order valence-electron chi connectivity index (χ3n) is 3.64. The number of alkyl halides is 3. The standard InChI is InChI=1S/C16H17F3OSi/c1-15(2,20-21)13-7-3-11(4-8-13)12-5-9-14(10-6-12)16(17,18)19/h3-10H,1-2,21H3. The minimum absolute atomic E-state index is 0.328. The Bertz CT molecular complexity index is 601. The SMILES string of the molecule is CC(C)(O[SiH3])c1ccc(-c2ccc(C(F)(F)F)cc2)cc1. The lowest BCUT2D eigenvalue weighted by molar-refractivity contribution is -0.137. The lowest BCUT2D eigenvalue weighted by atomic mass is 9.95. The molecule has 112 valence electrons. The van der Waals surface area contributed by atoms with Crippen molar-refractivity contribution in [2.75, 3.05) is 0 Å². The van der Waals surface area contributed by atoms with E-state index < -0.39 is 11.7 Å². The molecule has 1 nitrogen and oxygen atoms in total. The zero-order valence-electron chi connectivity index (χ0n) is 12.2. The maximum Gasteiger partial charge on any atom is 0.416 e. The Morgan fingerprint density at radius 1 is 0.762 bits per heavy atom. The molecule has 0 saturated heterocycles. The lowest BCUT2D eigenvalue weighted by Gasteiger charge is -2.24. The average Bonchev–Trinajstić information content (AvgIpc) is 2.47. The molecule has 2 aromatic rings. The molecule has 0 aromatic heterocycles. The van der Waals surface area contributed by atoms with E-state index in [1.165, 1.54) is 12.1 Å². The molecule has 0 aliphatic carbocycles. The van der Waals surface area contributed by atoms with E-state index in [1.54, 1.807) is 0 Å². The molecule has 0 radical (unpaired) electrons. The molecule has 0 atom stereocenters. The quantitative estimate of drug-likeness (QED) is 0.781. The maximum absolute atomic E-state index is 12.5. The van der Waals surface area contributed by atoms with Gasteiger partial charge in [-0.1, -0.05) is 36.4 Å². The van der Waals surface area contributed by atoms with Crippen LogP contribution in [0.15, 0.2) is 48.5 Å². The van der Waals surface area contributed by atoms with Gasteiger partial charge in [-0.25, -0.2) is 0 Å². The highest BCUT2D eigenvalue weighted by atomic mass is 28.2. The van der Waals surface area contributed by atoms with Gasteiger partial charge in [0, 0.05) is 0 Å². The van der Waals surface area contributed by atoms with Crippen LogP contribution in [0.4, 0.5) is 13.2 Å². The fraction of sp³-hybridized carbons (Fsp3) is 0.250. The van der Waals surface area contributed by atoms with Crippen LogP contribution >= 0.6 is 0 Å². The monoisotopic (exact) mass is 310 g/mol.